The highest BCUT2D eigenvalue weighted by Crippen LogP contribution is 2.34. The van der Waals surface area contributed by atoms with E-state index >= 15 is 0 Å². The highest BCUT2D eigenvalue weighted by Gasteiger charge is 2.33. The van der Waals surface area contributed by atoms with Gasteiger partial charge >= 0.3 is 11.7 Å². The molecule has 0 radical (unpaired) electrons. The highest BCUT2D eigenvalue weighted by molar-refractivity contribution is 6.13. The van der Waals surface area contributed by atoms with Gasteiger partial charge in [0.25, 0.3) is 11.6 Å². The van der Waals surface area contributed by atoms with E-state index in [9.17, 15) is 29.8 Å². The fourth-order valence-electron chi connectivity index (χ4n) is 3.29. The van der Waals surface area contributed by atoms with Gasteiger partial charge in [0.15, 0.2) is 0 Å². The van der Waals surface area contributed by atoms with E-state index in [0.29, 0.717) is 5.56 Å². The summed E-state index contributed by atoms with van der Waals surface area (Å²) in [5.41, 5.74) is 0.361. The SMILES string of the molecule is O=C1N/C(=C/c2cccc(Oc3ccc([N+](=O)[O-])cc3[N+](=O)[O-])c2)C(=O)N1Cc1ccccc1. The van der Waals surface area contributed by atoms with Crippen molar-refractivity contribution in [3.05, 3.63) is 110 Å². The third-order valence-electron chi connectivity index (χ3n) is 4.89. The molecule has 1 aliphatic heterocycles. The quantitative estimate of drug-likeness (QED) is 0.238. The van der Waals surface area contributed by atoms with E-state index < -0.39 is 33.2 Å². The van der Waals surface area contributed by atoms with Crippen molar-refractivity contribution in [3.63, 3.8) is 0 Å². The molecule has 11 nitrogen and oxygen atoms in total. The zero-order valence-corrected chi connectivity index (χ0v) is 17.4. The number of nitro benzene ring substituents is 2. The largest absolute Gasteiger partial charge is 0.450 e. The molecule has 1 aliphatic rings. The molecule has 0 saturated carbocycles. The Balaban J connectivity index is 1.55. The highest BCUT2D eigenvalue weighted by atomic mass is 16.6. The monoisotopic (exact) mass is 460 g/mol. The molecule has 1 saturated heterocycles. The van der Waals surface area contributed by atoms with Crippen LogP contribution in [-0.2, 0) is 11.3 Å². The molecule has 170 valence electrons. The zero-order chi connectivity index (χ0) is 24.2. The van der Waals surface area contributed by atoms with E-state index in [0.717, 1.165) is 28.7 Å². The minimum absolute atomic E-state index is 0.0689. The van der Waals surface area contributed by atoms with Crippen LogP contribution in [0.25, 0.3) is 6.08 Å². The molecule has 0 unspecified atom stereocenters. The summed E-state index contributed by atoms with van der Waals surface area (Å²) >= 11 is 0. The zero-order valence-electron chi connectivity index (χ0n) is 17.4. The predicted octanol–water partition coefficient (Wildman–Crippen LogP) is 4.39. The van der Waals surface area contributed by atoms with Gasteiger partial charge in [-0.15, -0.1) is 0 Å². The summed E-state index contributed by atoms with van der Waals surface area (Å²) in [6, 6.07) is 17.9. The van der Waals surface area contributed by atoms with Gasteiger partial charge in [-0.2, -0.15) is 0 Å². The van der Waals surface area contributed by atoms with Gasteiger partial charge in [-0.1, -0.05) is 42.5 Å². The average molecular weight is 460 g/mol. The minimum atomic E-state index is -0.776. The standard InChI is InChI=1S/C23H16N4O7/c28-22-19(24-23(29)25(22)14-15-5-2-1-3-6-15)12-16-7-4-8-18(11-16)34-21-10-9-17(26(30)31)13-20(21)27(32)33/h1-13H,14H2,(H,24,29)/b19-12+. The van der Waals surface area contributed by atoms with Crippen LogP contribution in [0.2, 0.25) is 0 Å². The molecule has 1 heterocycles. The van der Waals surface area contributed by atoms with Gasteiger partial charge in [-0.05, 0) is 35.4 Å². The topological polar surface area (TPSA) is 145 Å². The van der Waals surface area contributed by atoms with E-state index in [1.54, 1.807) is 24.3 Å². The molecule has 11 heteroatoms. The number of non-ortho nitro benzene ring substituents is 1. The smallest absolute Gasteiger partial charge is 0.329 e. The lowest BCUT2D eigenvalue weighted by molar-refractivity contribution is -0.394. The third-order valence-corrected chi connectivity index (χ3v) is 4.89. The van der Waals surface area contributed by atoms with Crippen molar-refractivity contribution in [1.29, 1.82) is 0 Å². The second kappa shape index (κ2) is 9.20. The number of nitrogens with zero attached hydrogens (tertiary/aromatic N) is 3. The van der Waals surface area contributed by atoms with E-state index in [-0.39, 0.29) is 23.7 Å². The number of hydrogen-bond acceptors (Lipinski definition) is 7. The molecule has 0 bridgehead atoms. The van der Waals surface area contributed by atoms with Crippen LogP contribution in [0.1, 0.15) is 11.1 Å². The summed E-state index contributed by atoms with van der Waals surface area (Å²) in [7, 11) is 0. The van der Waals surface area contributed by atoms with Gasteiger partial charge in [0.05, 0.1) is 22.5 Å². The second-order valence-electron chi connectivity index (χ2n) is 7.21. The number of urea groups is 1. The fourth-order valence-corrected chi connectivity index (χ4v) is 3.29. The second-order valence-corrected chi connectivity index (χ2v) is 7.21. The number of ether oxygens (including phenoxy) is 1. The van der Waals surface area contributed by atoms with E-state index in [1.807, 2.05) is 18.2 Å². The number of nitro groups is 2. The van der Waals surface area contributed by atoms with Crippen LogP contribution in [0.5, 0.6) is 11.5 Å². The lowest BCUT2D eigenvalue weighted by Crippen LogP contribution is -2.30. The van der Waals surface area contributed by atoms with Crippen LogP contribution < -0.4 is 10.1 Å². The Hall–Kier alpha value is -5.06. The Bertz CT molecular complexity index is 1340. The van der Waals surface area contributed by atoms with Gasteiger partial charge in [0, 0.05) is 6.07 Å². The Morgan fingerprint density at radius 3 is 2.38 bits per heavy atom. The normalized spacial score (nSPS) is 14.2. The van der Waals surface area contributed by atoms with Crippen molar-refractivity contribution in [2.24, 2.45) is 0 Å². The summed E-state index contributed by atoms with van der Waals surface area (Å²) < 4.78 is 5.58. The van der Waals surface area contributed by atoms with Crippen LogP contribution in [0.4, 0.5) is 16.2 Å². The number of carbonyl (C=O) groups excluding carboxylic acids is 2. The molecule has 3 aromatic rings. The number of rotatable bonds is 7. The summed E-state index contributed by atoms with van der Waals surface area (Å²) in [6.45, 7) is 0.121. The lowest BCUT2D eigenvalue weighted by atomic mass is 10.1. The number of hydrogen-bond donors (Lipinski definition) is 1. The van der Waals surface area contributed by atoms with Crippen molar-refractivity contribution >= 4 is 29.4 Å². The van der Waals surface area contributed by atoms with E-state index in [4.69, 9.17) is 4.74 Å². The summed E-state index contributed by atoms with van der Waals surface area (Å²) in [4.78, 5) is 46.8. The van der Waals surface area contributed by atoms with Crippen LogP contribution in [-0.4, -0.2) is 26.7 Å². The van der Waals surface area contributed by atoms with Crippen LogP contribution >= 0.6 is 0 Å². The average Bonchev–Trinajstić information content (AvgIpc) is 3.07. The van der Waals surface area contributed by atoms with Crippen molar-refractivity contribution in [3.8, 4) is 11.5 Å². The molecule has 0 aliphatic carbocycles. The number of benzene rings is 3. The van der Waals surface area contributed by atoms with Crippen molar-refractivity contribution in [1.82, 2.24) is 10.2 Å². The molecular formula is C23H16N4O7. The summed E-state index contributed by atoms with van der Waals surface area (Å²) in [5, 5.41) is 24.8. The van der Waals surface area contributed by atoms with Crippen LogP contribution in [0.15, 0.2) is 78.5 Å². The maximum Gasteiger partial charge on any atom is 0.329 e. The molecule has 1 N–H and O–H groups in total. The van der Waals surface area contributed by atoms with Crippen molar-refractivity contribution < 1.29 is 24.2 Å². The number of imide groups is 1. The molecule has 3 aromatic carbocycles. The molecule has 0 atom stereocenters. The van der Waals surface area contributed by atoms with Gasteiger partial charge in [0.1, 0.15) is 11.4 Å². The lowest BCUT2D eigenvalue weighted by Gasteiger charge is -2.11. The predicted molar refractivity (Wildman–Crippen MR) is 120 cm³/mol. The number of nitrogens with one attached hydrogen (secondary N) is 1. The molecule has 0 spiro atoms. The minimum Gasteiger partial charge on any atom is -0.450 e. The molecule has 1 fully saturated rings. The Morgan fingerprint density at radius 1 is 0.912 bits per heavy atom. The Morgan fingerprint density at radius 2 is 1.68 bits per heavy atom. The molecule has 0 aromatic heterocycles. The maximum atomic E-state index is 12.7. The summed E-state index contributed by atoms with van der Waals surface area (Å²) in [5.74, 6) is -0.477. The molecule has 34 heavy (non-hydrogen) atoms. The van der Waals surface area contributed by atoms with Gasteiger partial charge in [0.2, 0.25) is 5.75 Å². The first kappa shape index (κ1) is 22.1. The molecule has 4 rings (SSSR count). The molecule has 3 amide bonds. The van der Waals surface area contributed by atoms with E-state index in [1.165, 1.54) is 18.2 Å². The van der Waals surface area contributed by atoms with Crippen molar-refractivity contribution in [2.75, 3.05) is 0 Å². The van der Waals surface area contributed by atoms with Crippen LogP contribution in [0.3, 0.4) is 0 Å². The van der Waals surface area contributed by atoms with Crippen LogP contribution in [0, 0.1) is 20.2 Å². The Labute approximate surface area is 192 Å². The Kier molecular flexibility index (Phi) is 5.99. The molecular weight excluding hydrogens is 444 g/mol. The van der Waals surface area contributed by atoms with Gasteiger partial charge in [-0.3, -0.25) is 29.9 Å². The van der Waals surface area contributed by atoms with Gasteiger partial charge in [-0.25, -0.2) is 4.79 Å². The summed E-state index contributed by atoms with van der Waals surface area (Å²) in [6.07, 6.45) is 1.46. The van der Waals surface area contributed by atoms with Crippen molar-refractivity contribution in [2.45, 2.75) is 6.54 Å². The fraction of sp³-hybridized carbons (Fsp3) is 0.0435. The van der Waals surface area contributed by atoms with E-state index in [2.05, 4.69) is 5.32 Å². The number of carbonyl (C=O) groups is 2. The first-order valence-electron chi connectivity index (χ1n) is 9.91. The third kappa shape index (κ3) is 4.72. The van der Waals surface area contributed by atoms with Gasteiger partial charge < -0.3 is 10.1 Å². The maximum absolute atomic E-state index is 12.7. The first-order chi connectivity index (χ1) is 16.3. The first-order valence-corrected chi connectivity index (χ1v) is 9.91. The number of amides is 3.